The van der Waals surface area contributed by atoms with E-state index in [0.717, 1.165) is 11.1 Å². The molecule has 0 aromatic heterocycles. The van der Waals surface area contributed by atoms with Crippen LogP contribution in [0.4, 0.5) is 11.4 Å². The van der Waals surface area contributed by atoms with Gasteiger partial charge in [0, 0.05) is 28.4 Å². The zero-order valence-electron chi connectivity index (χ0n) is 15.2. The second kappa shape index (κ2) is 7.73. The summed E-state index contributed by atoms with van der Waals surface area (Å²) in [5.74, 6) is -0.201. The lowest BCUT2D eigenvalue weighted by atomic mass is 10.1. The Hall–Kier alpha value is -3.70. The molecule has 3 aromatic carbocycles. The summed E-state index contributed by atoms with van der Waals surface area (Å²) in [6.07, 6.45) is 3.64. The number of benzene rings is 3. The van der Waals surface area contributed by atoms with E-state index in [9.17, 15) is 14.9 Å². The van der Waals surface area contributed by atoms with Crippen molar-refractivity contribution >= 4 is 40.7 Å². The Morgan fingerprint density at radius 3 is 2.17 bits per heavy atom. The van der Waals surface area contributed by atoms with Crippen LogP contribution in [0, 0.1) is 10.1 Å². The predicted octanol–water partition coefficient (Wildman–Crippen LogP) is 5.72. The normalized spacial score (nSPS) is 14.9. The molecule has 0 atom stereocenters. The van der Waals surface area contributed by atoms with Gasteiger partial charge in [-0.1, -0.05) is 54.1 Å². The van der Waals surface area contributed by atoms with Gasteiger partial charge in [0.2, 0.25) is 0 Å². The van der Waals surface area contributed by atoms with Gasteiger partial charge >= 0.3 is 0 Å². The molecule has 0 N–H and O–H groups in total. The van der Waals surface area contributed by atoms with E-state index in [1.54, 1.807) is 29.2 Å². The number of nitro benzene ring substituents is 1. The number of hydrogen-bond donors (Lipinski definition) is 0. The Balaban J connectivity index is 1.80. The van der Waals surface area contributed by atoms with Crippen molar-refractivity contribution in [2.24, 2.45) is 0 Å². The van der Waals surface area contributed by atoms with Crippen molar-refractivity contribution in [3.8, 4) is 0 Å². The number of non-ortho nitro benzene ring substituents is 1. The molecule has 0 spiro atoms. The van der Waals surface area contributed by atoms with Crippen LogP contribution < -0.4 is 4.90 Å². The fraction of sp³-hybridized carbons (Fsp3) is 0. The minimum Gasteiger partial charge on any atom is -0.276 e. The molecule has 142 valence electrons. The molecular weight excluding hydrogens is 388 g/mol. The predicted molar refractivity (Wildman–Crippen MR) is 114 cm³/mol. The summed E-state index contributed by atoms with van der Waals surface area (Å²) in [7, 11) is 0. The van der Waals surface area contributed by atoms with Crippen molar-refractivity contribution in [1.82, 2.24) is 0 Å². The van der Waals surface area contributed by atoms with Crippen LogP contribution in [0.1, 0.15) is 11.1 Å². The highest BCUT2D eigenvalue weighted by atomic mass is 35.5. The third kappa shape index (κ3) is 3.81. The maximum atomic E-state index is 13.2. The van der Waals surface area contributed by atoms with Gasteiger partial charge in [0.25, 0.3) is 11.6 Å². The zero-order valence-corrected chi connectivity index (χ0v) is 15.9. The first-order valence-electron chi connectivity index (χ1n) is 8.86. The molecule has 0 saturated carbocycles. The van der Waals surface area contributed by atoms with Gasteiger partial charge in [-0.05, 0) is 47.5 Å². The summed E-state index contributed by atoms with van der Waals surface area (Å²) in [6.45, 7) is 0. The van der Waals surface area contributed by atoms with Crippen molar-refractivity contribution in [2.75, 3.05) is 4.90 Å². The molecule has 4 rings (SSSR count). The molecular formula is C23H15ClN2O3. The van der Waals surface area contributed by atoms with Crippen molar-refractivity contribution in [3.63, 3.8) is 0 Å². The summed E-state index contributed by atoms with van der Waals surface area (Å²) in [4.78, 5) is 25.3. The first-order chi connectivity index (χ1) is 14.0. The maximum Gasteiger partial charge on any atom is 0.269 e. The summed E-state index contributed by atoms with van der Waals surface area (Å²) in [5, 5.41) is 11.6. The summed E-state index contributed by atoms with van der Waals surface area (Å²) < 4.78 is 0. The van der Waals surface area contributed by atoms with Crippen LogP contribution in [-0.2, 0) is 4.79 Å². The average Bonchev–Trinajstić information content (AvgIpc) is 3.05. The SMILES string of the molecule is O=C1/C(=C/c2ccccc2)C=C(c2ccc(Cl)cc2)N1c1ccc([N+](=O)[O-])cc1. The summed E-state index contributed by atoms with van der Waals surface area (Å²) in [6, 6.07) is 22.7. The highest BCUT2D eigenvalue weighted by Crippen LogP contribution is 2.36. The quantitative estimate of drug-likeness (QED) is 0.318. The van der Waals surface area contributed by atoms with E-state index in [1.165, 1.54) is 12.1 Å². The fourth-order valence-electron chi connectivity index (χ4n) is 3.16. The van der Waals surface area contributed by atoms with E-state index >= 15 is 0 Å². The average molecular weight is 403 g/mol. The zero-order chi connectivity index (χ0) is 20.4. The Labute approximate surface area is 172 Å². The molecule has 0 radical (unpaired) electrons. The number of nitro groups is 1. The lowest BCUT2D eigenvalue weighted by Crippen LogP contribution is -2.24. The number of halogens is 1. The highest BCUT2D eigenvalue weighted by Gasteiger charge is 2.30. The number of hydrogen-bond acceptors (Lipinski definition) is 3. The van der Waals surface area contributed by atoms with E-state index in [1.807, 2.05) is 54.6 Å². The van der Waals surface area contributed by atoms with E-state index in [2.05, 4.69) is 0 Å². The topological polar surface area (TPSA) is 63.5 Å². The fourth-order valence-corrected chi connectivity index (χ4v) is 3.28. The first kappa shape index (κ1) is 18.7. The number of rotatable bonds is 4. The monoisotopic (exact) mass is 402 g/mol. The van der Waals surface area contributed by atoms with Crippen LogP contribution in [0.2, 0.25) is 5.02 Å². The van der Waals surface area contributed by atoms with Crippen LogP contribution in [0.5, 0.6) is 0 Å². The van der Waals surface area contributed by atoms with Crippen molar-refractivity contribution in [3.05, 3.63) is 117 Å². The van der Waals surface area contributed by atoms with Gasteiger partial charge in [-0.3, -0.25) is 19.8 Å². The molecule has 0 aliphatic carbocycles. The van der Waals surface area contributed by atoms with Crippen LogP contribution in [-0.4, -0.2) is 10.8 Å². The number of nitrogens with zero attached hydrogens (tertiary/aromatic N) is 2. The number of carbonyl (C=O) groups is 1. The van der Waals surface area contributed by atoms with E-state index in [-0.39, 0.29) is 11.6 Å². The molecule has 29 heavy (non-hydrogen) atoms. The molecule has 1 amide bonds. The van der Waals surface area contributed by atoms with E-state index in [4.69, 9.17) is 11.6 Å². The molecule has 5 nitrogen and oxygen atoms in total. The third-order valence-electron chi connectivity index (χ3n) is 4.56. The smallest absolute Gasteiger partial charge is 0.269 e. The largest absolute Gasteiger partial charge is 0.276 e. The minimum atomic E-state index is -0.466. The summed E-state index contributed by atoms with van der Waals surface area (Å²) in [5.41, 5.74) is 3.46. The van der Waals surface area contributed by atoms with Gasteiger partial charge in [-0.2, -0.15) is 0 Å². The van der Waals surface area contributed by atoms with Gasteiger partial charge in [-0.25, -0.2) is 0 Å². The van der Waals surface area contributed by atoms with Gasteiger partial charge in [0.1, 0.15) is 0 Å². The number of carbonyl (C=O) groups excluding carboxylic acids is 1. The second-order valence-electron chi connectivity index (χ2n) is 6.46. The number of amides is 1. The molecule has 0 unspecified atom stereocenters. The van der Waals surface area contributed by atoms with Gasteiger partial charge in [0.15, 0.2) is 0 Å². The maximum absolute atomic E-state index is 13.2. The van der Waals surface area contributed by atoms with Crippen molar-refractivity contribution < 1.29 is 9.72 Å². The Kier molecular flexibility index (Phi) is 4.97. The molecule has 1 heterocycles. The molecule has 6 heteroatoms. The standard InChI is InChI=1S/C23H15ClN2O3/c24-19-8-6-17(7-9-19)22-15-18(14-16-4-2-1-3-5-16)23(27)25(22)20-10-12-21(13-11-20)26(28)29/h1-15H/b18-14+. The van der Waals surface area contributed by atoms with E-state index < -0.39 is 4.92 Å². The van der Waals surface area contributed by atoms with E-state index in [0.29, 0.717) is 22.0 Å². The van der Waals surface area contributed by atoms with Gasteiger partial charge < -0.3 is 0 Å². The highest BCUT2D eigenvalue weighted by molar-refractivity contribution is 6.30. The molecule has 1 aliphatic rings. The lowest BCUT2D eigenvalue weighted by molar-refractivity contribution is -0.384. The molecule has 0 bridgehead atoms. The molecule has 3 aromatic rings. The third-order valence-corrected chi connectivity index (χ3v) is 4.82. The Morgan fingerprint density at radius 1 is 0.897 bits per heavy atom. The first-order valence-corrected chi connectivity index (χ1v) is 9.24. The minimum absolute atomic E-state index is 0.0301. The van der Waals surface area contributed by atoms with Crippen LogP contribution >= 0.6 is 11.6 Å². The van der Waals surface area contributed by atoms with Crippen LogP contribution in [0.25, 0.3) is 11.8 Å². The van der Waals surface area contributed by atoms with Gasteiger partial charge in [-0.15, -0.1) is 0 Å². The molecule has 0 fully saturated rings. The summed E-state index contributed by atoms with van der Waals surface area (Å²) >= 11 is 6.01. The Bertz CT molecular complexity index is 1140. The van der Waals surface area contributed by atoms with Gasteiger partial charge in [0.05, 0.1) is 10.6 Å². The number of anilines is 1. The molecule has 0 saturated heterocycles. The molecule has 1 aliphatic heterocycles. The van der Waals surface area contributed by atoms with Crippen molar-refractivity contribution in [2.45, 2.75) is 0 Å². The van der Waals surface area contributed by atoms with Crippen LogP contribution in [0.3, 0.4) is 0 Å². The van der Waals surface area contributed by atoms with Crippen molar-refractivity contribution in [1.29, 1.82) is 0 Å². The second-order valence-corrected chi connectivity index (χ2v) is 6.90. The lowest BCUT2D eigenvalue weighted by Gasteiger charge is -2.20. The Morgan fingerprint density at radius 2 is 1.55 bits per heavy atom. The van der Waals surface area contributed by atoms with Crippen LogP contribution in [0.15, 0.2) is 90.5 Å².